The molecular formula is C61H41NO. The van der Waals surface area contributed by atoms with Gasteiger partial charge >= 0.3 is 0 Å². The van der Waals surface area contributed by atoms with Gasteiger partial charge in [0.2, 0.25) is 0 Å². The molecule has 0 radical (unpaired) electrons. The molecule has 1 aliphatic rings. The Morgan fingerprint density at radius 3 is 1.43 bits per heavy atom. The largest absolute Gasteiger partial charge is 0.456 e. The predicted molar refractivity (Wildman–Crippen MR) is 262 cm³/mol. The molecule has 0 fully saturated rings. The van der Waals surface area contributed by atoms with Crippen LogP contribution < -0.4 is 4.90 Å². The molecule has 1 aliphatic carbocycles. The normalized spacial score (nSPS) is 12.6. The van der Waals surface area contributed by atoms with E-state index >= 15 is 0 Å². The lowest BCUT2D eigenvalue weighted by molar-refractivity contribution is 0.668. The summed E-state index contributed by atoms with van der Waals surface area (Å²) in [6, 6.07) is 90.1. The quantitative estimate of drug-likeness (QED) is 0.152. The molecule has 0 bridgehead atoms. The van der Waals surface area contributed by atoms with Crippen molar-refractivity contribution in [2.45, 2.75) is 5.41 Å². The topological polar surface area (TPSA) is 16.4 Å². The predicted octanol–water partition coefficient (Wildman–Crippen LogP) is 16.4. The first kappa shape index (κ1) is 36.6. The third-order valence-corrected chi connectivity index (χ3v) is 13.0. The number of furan rings is 1. The van der Waals surface area contributed by atoms with Crippen LogP contribution in [-0.4, -0.2) is 0 Å². The second-order valence-corrected chi connectivity index (χ2v) is 16.4. The molecule has 11 aromatic rings. The second kappa shape index (κ2) is 15.1. The van der Waals surface area contributed by atoms with Crippen molar-refractivity contribution in [1.82, 2.24) is 0 Å². The monoisotopic (exact) mass is 803 g/mol. The Labute approximate surface area is 367 Å². The van der Waals surface area contributed by atoms with Crippen molar-refractivity contribution in [3.05, 3.63) is 271 Å². The molecule has 0 spiro atoms. The van der Waals surface area contributed by atoms with Crippen molar-refractivity contribution >= 4 is 39.0 Å². The molecule has 10 aromatic carbocycles. The molecule has 0 unspecified atom stereocenters. The molecule has 0 aliphatic heterocycles. The summed E-state index contributed by atoms with van der Waals surface area (Å²) in [6.07, 6.45) is 0. The lowest BCUT2D eigenvalue weighted by Crippen LogP contribution is -2.28. The van der Waals surface area contributed by atoms with Gasteiger partial charge in [-0.1, -0.05) is 200 Å². The van der Waals surface area contributed by atoms with Crippen molar-refractivity contribution in [1.29, 1.82) is 0 Å². The van der Waals surface area contributed by atoms with E-state index in [1.165, 1.54) is 61.2 Å². The Bertz CT molecular complexity index is 3380. The first-order valence-corrected chi connectivity index (χ1v) is 21.7. The maximum absolute atomic E-state index is 6.82. The van der Waals surface area contributed by atoms with Gasteiger partial charge in [-0.05, 0) is 115 Å². The Morgan fingerprint density at radius 2 is 0.810 bits per heavy atom. The van der Waals surface area contributed by atoms with Crippen LogP contribution in [0.5, 0.6) is 0 Å². The zero-order valence-electron chi connectivity index (χ0n) is 34.5. The number of anilines is 3. The standard InChI is InChI=1S/C61H41NO/c1-4-16-42(17-5-1)45-30-34-48(35-31-45)61(55-26-12-10-24-52(55)53-25-11-13-27-56(53)61)49-36-39-58-54(41-49)60-57(28-15-29-59(60)63-58)62(50-37-32-46(33-38-50)43-18-6-2-7-19-43)51-23-14-22-47(40-51)44-20-8-3-9-21-44/h1-41H. The molecule has 0 atom stereocenters. The molecule has 0 amide bonds. The molecular weight excluding hydrogens is 763 g/mol. The summed E-state index contributed by atoms with van der Waals surface area (Å²) >= 11 is 0. The first-order chi connectivity index (χ1) is 31.2. The van der Waals surface area contributed by atoms with Gasteiger partial charge < -0.3 is 9.32 Å². The molecule has 0 N–H and O–H groups in total. The highest BCUT2D eigenvalue weighted by Crippen LogP contribution is 2.57. The summed E-state index contributed by atoms with van der Waals surface area (Å²) in [4.78, 5) is 2.39. The molecule has 63 heavy (non-hydrogen) atoms. The minimum atomic E-state index is -0.577. The number of nitrogens with zero attached hydrogens (tertiary/aromatic N) is 1. The summed E-state index contributed by atoms with van der Waals surface area (Å²) < 4.78 is 6.82. The molecule has 2 nitrogen and oxygen atoms in total. The van der Waals surface area contributed by atoms with E-state index in [0.717, 1.165) is 44.6 Å². The van der Waals surface area contributed by atoms with Crippen LogP contribution in [0.4, 0.5) is 17.1 Å². The van der Waals surface area contributed by atoms with E-state index in [1.54, 1.807) is 0 Å². The highest BCUT2D eigenvalue weighted by Gasteiger charge is 2.46. The fourth-order valence-electron chi connectivity index (χ4n) is 10.1. The summed E-state index contributed by atoms with van der Waals surface area (Å²) in [5.74, 6) is 0. The van der Waals surface area contributed by atoms with Crippen molar-refractivity contribution < 1.29 is 4.42 Å². The smallest absolute Gasteiger partial charge is 0.137 e. The Kier molecular flexibility index (Phi) is 8.76. The summed E-state index contributed by atoms with van der Waals surface area (Å²) in [7, 11) is 0. The SMILES string of the molecule is c1ccc(-c2ccc(N(c3cccc(-c4ccccc4)c3)c3cccc4oc5ccc(C6(c7ccc(-c8ccccc8)cc7)c7ccccc7-c7ccccc76)cc5c34)cc2)cc1. The van der Waals surface area contributed by atoms with E-state index in [4.69, 9.17) is 4.42 Å². The number of benzene rings is 10. The lowest BCUT2D eigenvalue weighted by atomic mass is 9.67. The van der Waals surface area contributed by atoms with Gasteiger partial charge in [0.15, 0.2) is 0 Å². The van der Waals surface area contributed by atoms with Gasteiger partial charge in [0, 0.05) is 16.8 Å². The van der Waals surface area contributed by atoms with Crippen LogP contribution in [0.1, 0.15) is 22.3 Å². The van der Waals surface area contributed by atoms with Gasteiger partial charge in [0.05, 0.1) is 16.5 Å². The van der Waals surface area contributed by atoms with E-state index in [1.807, 2.05) is 0 Å². The number of fused-ring (bicyclic) bond motifs is 6. The summed E-state index contributed by atoms with van der Waals surface area (Å²) in [5.41, 5.74) is 18.9. The molecule has 1 aromatic heterocycles. The lowest BCUT2D eigenvalue weighted by Gasteiger charge is -2.34. The van der Waals surface area contributed by atoms with Crippen LogP contribution >= 0.6 is 0 Å². The maximum Gasteiger partial charge on any atom is 0.137 e. The minimum absolute atomic E-state index is 0.577. The van der Waals surface area contributed by atoms with Crippen LogP contribution in [0.3, 0.4) is 0 Å². The van der Waals surface area contributed by atoms with E-state index in [2.05, 4.69) is 254 Å². The average Bonchev–Trinajstić information content (AvgIpc) is 3.89. The Hall–Kier alpha value is -8.20. The van der Waals surface area contributed by atoms with Gasteiger partial charge in [-0.25, -0.2) is 0 Å². The minimum Gasteiger partial charge on any atom is -0.456 e. The average molecular weight is 804 g/mol. The highest BCUT2D eigenvalue weighted by molar-refractivity contribution is 6.14. The fraction of sp³-hybridized carbons (Fsp3) is 0.0164. The molecule has 2 heteroatoms. The summed E-state index contributed by atoms with van der Waals surface area (Å²) in [5, 5.41) is 2.14. The van der Waals surface area contributed by atoms with E-state index in [0.29, 0.717) is 0 Å². The number of hydrogen-bond acceptors (Lipinski definition) is 2. The van der Waals surface area contributed by atoms with Crippen LogP contribution in [-0.2, 0) is 5.41 Å². The second-order valence-electron chi connectivity index (χ2n) is 16.4. The van der Waals surface area contributed by atoms with Gasteiger partial charge in [0.1, 0.15) is 11.2 Å². The van der Waals surface area contributed by atoms with Gasteiger partial charge in [-0.2, -0.15) is 0 Å². The van der Waals surface area contributed by atoms with Crippen molar-refractivity contribution in [3.8, 4) is 44.5 Å². The van der Waals surface area contributed by atoms with E-state index < -0.39 is 5.41 Å². The summed E-state index contributed by atoms with van der Waals surface area (Å²) in [6.45, 7) is 0. The third-order valence-electron chi connectivity index (χ3n) is 13.0. The van der Waals surface area contributed by atoms with Crippen LogP contribution in [0, 0.1) is 0 Å². The van der Waals surface area contributed by atoms with Crippen molar-refractivity contribution in [3.63, 3.8) is 0 Å². The van der Waals surface area contributed by atoms with Gasteiger partial charge in [-0.15, -0.1) is 0 Å². The van der Waals surface area contributed by atoms with E-state index in [-0.39, 0.29) is 0 Å². The first-order valence-electron chi connectivity index (χ1n) is 21.7. The van der Waals surface area contributed by atoms with Crippen LogP contribution in [0.25, 0.3) is 66.4 Å². The van der Waals surface area contributed by atoms with Gasteiger partial charge in [-0.3, -0.25) is 0 Å². The van der Waals surface area contributed by atoms with Crippen molar-refractivity contribution in [2.24, 2.45) is 0 Å². The molecule has 0 saturated heterocycles. The van der Waals surface area contributed by atoms with Gasteiger partial charge in [0.25, 0.3) is 0 Å². The Balaban J connectivity index is 1.09. The highest BCUT2D eigenvalue weighted by atomic mass is 16.3. The zero-order valence-corrected chi connectivity index (χ0v) is 34.5. The third kappa shape index (κ3) is 6.02. The van der Waals surface area contributed by atoms with Crippen LogP contribution in [0.15, 0.2) is 253 Å². The van der Waals surface area contributed by atoms with Crippen LogP contribution in [0.2, 0.25) is 0 Å². The molecule has 296 valence electrons. The van der Waals surface area contributed by atoms with E-state index in [9.17, 15) is 0 Å². The molecule has 1 heterocycles. The van der Waals surface area contributed by atoms with Crippen molar-refractivity contribution in [2.75, 3.05) is 4.90 Å². The number of hydrogen-bond donors (Lipinski definition) is 0. The Morgan fingerprint density at radius 1 is 0.317 bits per heavy atom. The molecule has 0 saturated carbocycles. The number of rotatable bonds is 8. The fourth-order valence-corrected chi connectivity index (χ4v) is 10.1. The zero-order chi connectivity index (χ0) is 41.7. The molecule has 12 rings (SSSR count). The maximum atomic E-state index is 6.82.